The Balaban J connectivity index is 1.49. The van der Waals surface area contributed by atoms with Gasteiger partial charge in [0.1, 0.15) is 15.5 Å². The normalized spacial score (nSPS) is 14.9. The first-order valence-corrected chi connectivity index (χ1v) is 12.6. The number of hydrogen-bond acceptors (Lipinski definition) is 6. The number of methoxy groups -OCH3 is 1. The highest BCUT2D eigenvalue weighted by molar-refractivity contribution is 7.89. The maximum Gasteiger partial charge on any atom is 0.267 e. The Kier molecular flexibility index (Phi) is 6.71. The van der Waals surface area contributed by atoms with Crippen molar-refractivity contribution in [3.63, 3.8) is 0 Å². The van der Waals surface area contributed by atoms with Gasteiger partial charge in [0.05, 0.1) is 17.8 Å². The third kappa shape index (κ3) is 4.61. The van der Waals surface area contributed by atoms with Crippen LogP contribution in [-0.4, -0.2) is 51.9 Å². The first-order valence-electron chi connectivity index (χ1n) is 9.92. The van der Waals surface area contributed by atoms with Gasteiger partial charge >= 0.3 is 0 Å². The molecule has 0 spiro atoms. The topological polar surface area (TPSA) is 78.9 Å². The molecular formula is C22H22ClN3O4S2. The minimum atomic E-state index is -3.82. The average Bonchev–Trinajstić information content (AvgIpc) is 3.31. The molecule has 0 aliphatic carbocycles. The number of carbonyl (C=O) groups excluding carboxylic acids is 1. The zero-order valence-corrected chi connectivity index (χ0v) is 19.7. The molecule has 0 atom stereocenters. The zero-order chi connectivity index (χ0) is 22.7. The molecule has 3 aromatic rings. The number of rotatable bonds is 6. The Labute approximate surface area is 196 Å². The first kappa shape index (κ1) is 22.6. The molecule has 1 N–H and O–H groups in total. The molecule has 1 fully saturated rings. The van der Waals surface area contributed by atoms with Crippen LogP contribution in [0.4, 0.5) is 11.4 Å². The van der Waals surface area contributed by atoms with Gasteiger partial charge in [-0.2, -0.15) is 4.31 Å². The largest absolute Gasteiger partial charge is 0.497 e. The summed E-state index contributed by atoms with van der Waals surface area (Å²) in [5.74, 6) is 0.125. The summed E-state index contributed by atoms with van der Waals surface area (Å²) in [5.41, 5.74) is 1.42. The quantitative estimate of drug-likeness (QED) is 0.559. The van der Waals surface area contributed by atoms with Gasteiger partial charge in [-0.05, 0) is 35.7 Å². The summed E-state index contributed by atoms with van der Waals surface area (Å²) in [6.45, 7) is 1.64. The van der Waals surface area contributed by atoms with Gasteiger partial charge in [0.2, 0.25) is 10.0 Å². The fraction of sp³-hybridized carbons (Fsp3) is 0.227. The molecule has 10 heteroatoms. The molecule has 1 aliphatic heterocycles. The Morgan fingerprint density at radius 1 is 1.06 bits per heavy atom. The van der Waals surface area contributed by atoms with Crippen molar-refractivity contribution in [2.75, 3.05) is 43.5 Å². The van der Waals surface area contributed by atoms with E-state index in [1.165, 1.54) is 17.5 Å². The van der Waals surface area contributed by atoms with E-state index in [1.807, 2.05) is 24.3 Å². The lowest BCUT2D eigenvalue weighted by atomic mass is 10.2. The van der Waals surface area contributed by atoms with Crippen LogP contribution in [0.5, 0.6) is 5.75 Å². The third-order valence-electron chi connectivity index (χ3n) is 5.21. The molecule has 0 saturated carbocycles. The number of amides is 1. The summed E-state index contributed by atoms with van der Waals surface area (Å²) >= 11 is 7.38. The number of hydrogen-bond donors (Lipinski definition) is 1. The zero-order valence-electron chi connectivity index (χ0n) is 17.3. The highest BCUT2D eigenvalue weighted by atomic mass is 35.5. The molecule has 0 radical (unpaired) electrons. The van der Waals surface area contributed by atoms with E-state index in [0.29, 0.717) is 42.6 Å². The highest BCUT2D eigenvalue weighted by Gasteiger charge is 2.33. The van der Waals surface area contributed by atoms with Crippen LogP contribution in [0.2, 0.25) is 5.02 Å². The molecule has 2 aromatic carbocycles. The molecule has 0 bridgehead atoms. The van der Waals surface area contributed by atoms with Crippen LogP contribution in [0, 0.1) is 0 Å². The Hall–Kier alpha value is -2.59. The average molecular weight is 492 g/mol. The lowest BCUT2D eigenvalue weighted by Gasteiger charge is -2.35. The number of nitrogens with zero attached hydrogens (tertiary/aromatic N) is 2. The maximum absolute atomic E-state index is 13.3. The van der Waals surface area contributed by atoms with E-state index in [1.54, 1.807) is 29.6 Å². The fourth-order valence-corrected chi connectivity index (χ4v) is 6.54. The smallest absolute Gasteiger partial charge is 0.267 e. The number of benzene rings is 2. The summed E-state index contributed by atoms with van der Waals surface area (Å²) in [5, 5.41) is 5.01. The van der Waals surface area contributed by atoms with E-state index in [9.17, 15) is 13.2 Å². The predicted molar refractivity (Wildman–Crippen MR) is 128 cm³/mol. The van der Waals surface area contributed by atoms with Gasteiger partial charge in [-0.15, -0.1) is 11.3 Å². The number of thiophene rings is 1. The number of anilines is 2. The summed E-state index contributed by atoms with van der Waals surface area (Å²) in [6, 6.07) is 15.9. The van der Waals surface area contributed by atoms with Crippen molar-refractivity contribution in [2.45, 2.75) is 4.90 Å². The van der Waals surface area contributed by atoms with Crippen molar-refractivity contribution < 1.29 is 17.9 Å². The second-order valence-electron chi connectivity index (χ2n) is 7.14. The van der Waals surface area contributed by atoms with E-state index in [4.69, 9.17) is 16.3 Å². The van der Waals surface area contributed by atoms with Crippen molar-refractivity contribution in [1.29, 1.82) is 0 Å². The summed E-state index contributed by atoms with van der Waals surface area (Å²) < 4.78 is 33.2. The van der Waals surface area contributed by atoms with Crippen LogP contribution in [0.3, 0.4) is 0 Å². The number of halogens is 1. The van der Waals surface area contributed by atoms with Crippen LogP contribution in [0.1, 0.15) is 9.67 Å². The standard InChI is InChI=1S/C22H22ClN3O4S2/c1-30-17-6-4-5-16(15-17)24-22(27)21-20(9-14-31-21)32(28,29)26-12-10-25(11-13-26)19-8-3-2-7-18(19)23/h2-9,14-15H,10-13H2,1H3,(H,24,27). The minimum absolute atomic E-state index is 0.0223. The van der Waals surface area contributed by atoms with Crippen LogP contribution in [0.25, 0.3) is 0 Å². The number of nitrogens with one attached hydrogen (secondary N) is 1. The molecule has 32 heavy (non-hydrogen) atoms. The van der Waals surface area contributed by atoms with E-state index in [2.05, 4.69) is 10.2 Å². The van der Waals surface area contributed by atoms with Crippen LogP contribution < -0.4 is 15.0 Å². The van der Waals surface area contributed by atoms with Crippen molar-refractivity contribution in [3.05, 3.63) is 69.9 Å². The molecule has 1 aliphatic rings. The summed E-state index contributed by atoms with van der Waals surface area (Å²) in [6.07, 6.45) is 0. The van der Waals surface area contributed by atoms with Gasteiger partial charge in [-0.25, -0.2) is 8.42 Å². The van der Waals surface area contributed by atoms with Gasteiger partial charge in [-0.1, -0.05) is 29.8 Å². The molecular weight excluding hydrogens is 470 g/mol. The maximum atomic E-state index is 13.3. The fourth-order valence-electron chi connectivity index (χ4n) is 3.57. The number of sulfonamides is 1. The molecule has 4 rings (SSSR count). The van der Waals surface area contributed by atoms with Crippen LogP contribution >= 0.6 is 22.9 Å². The number of para-hydroxylation sites is 1. The summed E-state index contributed by atoms with van der Waals surface area (Å²) in [4.78, 5) is 15.1. The van der Waals surface area contributed by atoms with Gasteiger partial charge in [0.15, 0.2) is 0 Å². The number of ether oxygens (including phenoxy) is 1. The summed E-state index contributed by atoms with van der Waals surface area (Å²) in [7, 11) is -2.28. The van der Waals surface area contributed by atoms with Crippen molar-refractivity contribution in [1.82, 2.24) is 4.31 Å². The molecule has 0 unspecified atom stereocenters. The lowest BCUT2D eigenvalue weighted by molar-refractivity contribution is 0.102. The molecule has 1 aromatic heterocycles. The van der Waals surface area contributed by atoms with E-state index < -0.39 is 15.9 Å². The van der Waals surface area contributed by atoms with Gasteiger partial charge in [0.25, 0.3) is 5.91 Å². The molecule has 168 valence electrons. The predicted octanol–water partition coefficient (Wildman–Crippen LogP) is 4.17. The van der Waals surface area contributed by atoms with Crippen LogP contribution in [0.15, 0.2) is 64.9 Å². The van der Waals surface area contributed by atoms with Crippen LogP contribution in [-0.2, 0) is 10.0 Å². The molecule has 1 amide bonds. The Morgan fingerprint density at radius 2 is 1.81 bits per heavy atom. The number of piperazine rings is 1. The molecule has 1 saturated heterocycles. The SMILES string of the molecule is COc1cccc(NC(=O)c2sccc2S(=O)(=O)N2CCN(c3ccccc3Cl)CC2)c1. The second-order valence-corrected chi connectivity index (χ2v) is 10.4. The van der Waals surface area contributed by atoms with Gasteiger partial charge in [0, 0.05) is 37.9 Å². The second kappa shape index (κ2) is 9.50. The third-order valence-corrected chi connectivity index (χ3v) is 8.52. The van der Waals surface area contributed by atoms with Gasteiger partial charge in [-0.3, -0.25) is 4.79 Å². The Bertz CT molecular complexity index is 1220. The van der Waals surface area contributed by atoms with Crippen molar-refractivity contribution in [2.24, 2.45) is 0 Å². The number of carbonyl (C=O) groups is 1. The highest BCUT2D eigenvalue weighted by Crippen LogP contribution is 2.30. The monoisotopic (exact) mass is 491 g/mol. The molecule has 7 nitrogen and oxygen atoms in total. The van der Waals surface area contributed by atoms with Crippen molar-refractivity contribution >= 4 is 50.2 Å². The van der Waals surface area contributed by atoms with Gasteiger partial charge < -0.3 is 15.0 Å². The minimum Gasteiger partial charge on any atom is -0.497 e. The lowest BCUT2D eigenvalue weighted by Crippen LogP contribution is -2.48. The van der Waals surface area contributed by atoms with E-state index >= 15 is 0 Å². The molecule has 2 heterocycles. The van der Waals surface area contributed by atoms with Crippen molar-refractivity contribution in [3.8, 4) is 5.75 Å². The first-order chi connectivity index (χ1) is 15.4. The van der Waals surface area contributed by atoms with E-state index in [-0.39, 0.29) is 9.77 Å². The van der Waals surface area contributed by atoms with E-state index in [0.717, 1.165) is 17.0 Å². The Morgan fingerprint density at radius 3 is 2.53 bits per heavy atom.